The number of primary sulfonamides is 1. The van der Waals surface area contributed by atoms with Crippen LogP contribution in [0.2, 0.25) is 0 Å². The lowest BCUT2D eigenvalue weighted by Crippen LogP contribution is -2.26. The van der Waals surface area contributed by atoms with Crippen molar-refractivity contribution >= 4 is 21.7 Å². The van der Waals surface area contributed by atoms with Gasteiger partial charge in [-0.05, 0) is 18.6 Å². The first kappa shape index (κ1) is 13.8. The number of carbonyl (C=O) groups excluding carboxylic acids is 1. The van der Waals surface area contributed by atoms with Gasteiger partial charge in [-0.1, -0.05) is 12.1 Å². The van der Waals surface area contributed by atoms with Crippen LogP contribution in [-0.2, 0) is 19.6 Å². The third kappa shape index (κ3) is 2.87. The third-order valence-corrected chi connectivity index (χ3v) is 4.19. The zero-order valence-electron chi connectivity index (χ0n) is 10.6. The van der Waals surface area contributed by atoms with Crippen LogP contribution in [-0.4, -0.2) is 34.6 Å². The van der Waals surface area contributed by atoms with E-state index in [-0.39, 0.29) is 16.8 Å². The van der Waals surface area contributed by atoms with Crippen LogP contribution in [0.5, 0.6) is 0 Å². The second-order valence-corrected chi connectivity index (χ2v) is 6.00. The maximum absolute atomic E-state index is 11.5. The maximum Gasteiger partial charge on any atom is 0.310 e. The molecule has 0 aliphatic carbocycles. The van der Waals surface area contributed by atoms with E-state index >= 15 is 0 Å². The Morgan fingerprint density at radius 3 is 2.74 bits per heavy atom. The number of nitrogens with two attached hydrogens (primary N) is 1. The van der Waals surface area contributed by atoms with Crippen molar-refractivity contribution in [2.24, 2.45) is 11.1 Å². The van der Waals surface area contributed by atoms with Crippen molar-refractivity contribution in [3.05, 3.63) is 24.3 Å². The van der Waals surface area contributed by atoms with Gasteiger partial charge in [0.2, 0.25) is 10.0 Å². The van der Waals surface area contributed by atoms with E-state index in [1.165, 1.54) is 13.2 Å². The number of methoxy groups -OCH3 is 1. The minimum absolute atomic E-state index is 0.0838. The summed E-state index contributed by atoms with van der Waals surface area (Å²) in [7, 11) is -2.42. The summed E-state index contributed by atoms with van der Waals surface area (Å²) in [6, 6.07) is 6.53. The summed E-state index contributed by atoms with van der Waals surface area (Å²) in [4.78, 5) is 13.4. The number of sulfonamides is 1. The second kappa shape index (κ2) is 5.18. The van der Waals surface area contributed by atoms with Crippen LogP contribution in [0.15, 0.2) is 29.2 Å². The van der Waals surface area contributed by atoms with Crippen molar-refractivity contribution < 1.29 is 17.9 Å². The van der Waals surface area contributed by atoms with Gasteiger partial charge < -0.3 is 9.64 Å². The molecule has 6 nitrogen and oxygen atoms in total. The first-order valence-corrected chi connectivity index (χ1v) is 7.42. The van der Waals surface area contributed by atoms with Gasteiger partial charge in [0.15, 0.2) is 0 Å². The van der Waals surface area contributed by atoms with E-state index < -0.39 is 10.0 Å². The molecular formula is C12H16N2O4S. The molecule has 19 heavy (non-hydrogen) atoms. The van der Waals surface area contributed by atoms with Crippen LogP contribution in [0.1, 0.15) is 6.42 Å². The molecule has 1 aliphatic rings. The van der Waals surface area contributed by atoms with Crippen LogP contribution in [0, 0.1) is 5.92 Å². The Balaban J connectivity index is 2.28. The number of para-hydroxylation sites is 1. The van der Waals surface area contributed by atoms with Crippen LogP contribution >= 0.6 is 0 Å². The fourth-order valence-electron chi connectivity index (χ4n) is 2.30. The quantitative estimate of drug-likeness (QED) is 0.808. The SMILES string of the molecule is COC(=O)C1CCN(c2ccccc2S(N)(=O)=O)C1. The van der Waals surface area contributed by atoms with Gasteiger partial charge in [-0.25, -0.2) is 13.6 Å². The minimum Gasteiger partial charge on any atom is -0.469 e. The summed E-state index contributed by atoms with van der Waals surface area (Å²) in [5.41, 5.74) is 0.538. The van der Waals surface area contributed by atoms with Crippen molar-refractivity contribution in [2.45, 2.75) is 11.3 Å². The van der Waals surface area contributed by atoms with E-state index in [1.807, 2.05) is 4.90 Å². The van der Waals surface area contributed by atoms with E-state index in [0.29, 0.717) is 25.2 Å². The number of rotatable bonds is 3. The lowest BCUT2D eigenvalue weighted by molar-refractivity contribution is -0.144. The van der Waals surface area contributed by atoms with Crippen LogP contribution in [0.3, 0.4) is 0 Å². The van der Waals surface area contributed by atoms with E-state index in [4.69, 9.17) is 9.88 Å². The topological polar surface area (TPSA) is 89.7 Å². The predicted molar refractivity (Wildman–Crippen MR) is 70.2 cm³/mol. The average molecular weight is 284 g/mol. The molecule has 0 radical (unpaired) electrons. The number of nitrogens with zero attached hydrogens (tertiary/aromatic N) is 1. The zero-order valence-corrected chi connectivity index (χ0v) is 11.4. The van der Waals surface area contributed by atoms with Gasteiger partial charge >= 0.3 is 5.97 Å². The fourth-order valence-corrected chi connectivity index (χ4v) is 3.05. The molecule has 2 rings (SSSR count). The monoisotopic (exact) mass is 284 g/mol. The summed E-state index contributed by atoms with van der Waals surface area (Å²) in [5, 5.41) is 5.20. The molecule has 1 aromatic rings. The number of carbonyl (C=O) groups is 1. The molecule has 0 bridgehead atoms. The molecular weight excluding hydrogens is 268 g/mol. The largest absolute Gasteiger partial charge is 0.469 e. The third-order valence-electron chi connectivity index (χ3n) is 3.24. The Bertz CT molecular complexity index is 585. The van der Waals surface area contributed by atoms with Gasteiger partial charge in [0, 0.05) is 13.1 Å². The average Bonchev–Trinajstić information content (AvgIpc) is 2.86. The molecule has 0 saturated carbocycles. The Labute approximate surface area is 112 Å². The first-order chi connectivity index (χ1) is 8.93. The molecule has 1 heterocycles. The highest BCUT2D eigenvalue weighted by molar-refractivity contribution is 7.89. The molecule has 104 valence electrons. The molecule has 1 unspecified atom stereocenters. The van der Waals surface area contributed by atoms with Crippen LogP contribution < -0.4 is 10.0 Å². The number of anilines is 1. The van der Waals surface area contributed by atoms with Gasteiger partial charge in [0.25, 0.3) is 0 Å². The molecule has 1 aromatic carbocycles. The Kier molecular flexibility index (Phi) is 3.77. The standard InChI is InChI=1S/C12H16N2O4S/c1-18-12(15)9-6-7-14(8-9)10-4-2-3-5-11(10)19(13,16)17/h2-5,9H,6-8H2,1H3,(H2,13,16,17). The summed E-state index contributed by atoms with van der Waals surface area (Å²) < 4.78 is 27.8. The first-order valence-electron chi connectivity index (χ1n) is 5.88. The van der Waals surface area contributed by atoms with Crippen molar-refractivity contribution in [3.63, 3.8) is 0 Å². The fraction of sp³-hybridized carbons (Fsp3) is 0.417. The van der Waals surface area contributed by atoms with E-state index in [9.17, 15) is 13.2 Å². The number of ether oxygens (including phenoxy) is 1. The van der Waals surface area contributed by atoms with Crippen molar-refractivity contribution in [2.75, 3.05) is 25.1 Å². The van der Waals surface area contributed by atoms with Crippen LogP contribution in [0.25, 0.3) is 0 Å². The minimum atomic E-state index is -3.77. The smallest absolute Gasteiger partial charge is 0.310 e. The highest BCUT2D eigenvalue weighted by atomic mass is 32.2. The van der Waals surface area contributed by atoms with E-state index in [0.717, 1.165) is 0 Å². The summed E-state index contributed by atoms with van der Waals surface area (Å²) in [5.74, 6) is -0.492. The second-order valence-electron chi connectivity index (χ2n) is 4.47. The Morgan fingerprint density at radius 1 is 1.42 bits per heavy atom. The predicted octanol–water partition coefficient (Wildman–Crippen LogP) is 0.333. The molecule has 7 heteroatoms. The number of hydrogen-bond donors (Lipinski definition) is 1. The van der Waals surface area contributed by atoms with Crippen molar-refractivity contribution in [1.82, 2.24) is 0 Å². The van der Waals surface area contributed by atoms with Gasteiger partial charge in [-0.2, -0.15) is 0 Å². The Hall–Kier alpha value is -1.60. The van der Waals surface area contributed by atoms with E-state index in [1.54, 1.807) is 18.2 Å². The summed E-state index contributed by atoms with van der Waals surface area (Å²) in [6.45, 7) is 1.05. The number of esters is 1. The molecule has 1 saturated heterocycles. The van der Waals surface area contributed by atoms with E-state index in [2.05, 4.69) is 0 Å². The van der Waals surface area contributed by atoms with Crippen molar-refractivity contribution in [3.8, 4) is 0 Å². The summed E-state index contributed by atoms with van der Waals surface area (Å²) >= 11 is 0. The molecule has 0 spiro atoms. The molecule has 2 N–H and O–H groups in total. The van der Waals surface area contributed by atoms with Gasteiger partial charge in [-0.3, -0.25) is 4.79 Å². The molecule has 0 aromatic heterocycles. The Morgan fingerprint density at radius 2 is 2.11 bits per heavy atom. The number of benzene rings is 1. The van der Waals surface area contributed by atoms with Crippen molar-refractivity contribution in [1.29, 1.82) is 0 Å². The van der Waals surface area contributed by atoms with Gasteiger partial charge in [0.1, 0.15) is 4.90 Å². The van der Waals surface area contributed by atoms with Gasteiger partial charge in [-0.15, -0.1) is 0 Å². The lowest BCUT2D eigenvalue weighted by atomic mass is 10.1. The molecule has 0 amide bonds. The highest BCUT2D eigenvalue weighted by Gasteiger charge is 2.31. The van der Waals surface area contributed by atoms with Gasteiger partial charge in [0.05, 0.1) is 18.7 Å². The maximum atomic E-state index is 11.5. The molecule has 1 fully saturated rings. The van der Waals surface area contributed by atoms with Crippen LogP contribution in [0.4, 0.5) is 5.69 Å². The summed E-state index contributed by atoms with van der Waals surface area (Å²) in [6.07, 6.45) is 0.644. The normalized spacial score (nSPS) is 19.5. The number of hydrogen-bond acceptors (Lipinski definition) is 5. The zero-order chi connectivity index (χ0) is 14.0. The lowest BCUT2D eigenvalue weighted by Gasteiger charge is -2.20. The molecule has 1 aliphatic heterocycles. The highest BCUT2D eigenvalue weighted by Crippen LogP contribution is 2.29. The molecule has 1 atom stereocenters.